The lowest BCUT2D eigenvalue weighted by Gasteiger charge is -2.18. The number of ether oxygens (including phenoxy) is 4. The molecular weight excluding hydrogens is 256 g/mol. The van der Waals surface area contributed by atoms with Crippen molar-refractivity contribution in [1.29, 1.82) is 0 Å². The molecule has 0 fully saturated rings. The van der Waals surface area contributed by atoms with E-state index in [2.05, 4.69) is 13.8 Å². The summed E-state index contributed by atoms with van der Waals surface area (Å²) in [5, 5.41) is 0. The second-order valence-corrected chi connectivity index (χ2v) is 4.58. The highest BCUT2D eigenvalue weighted by Gasteiger charge is 2.11. The van der Waals surface area contributed by atoms with Crippen LogP contribution in [0.15, 0.2) is 24.7 Å². The molecular formula is C16H30O4. The van der Waals surface area contributed by atoms with Crippen molar-refractivity contribution in [2.45, 2.75) is 52.7 Å². The van der Waals surface area contributed by atoms with Gasteiger partial charge in [-0.15, -0.1) is 0 Å². The van der Waals surface area contributed by atoms with Gasteiger partial charge in [-0.25, -0.2) is 0 Å². The predicted molar refractivity (Wildman–Crippen MR) is 81.6 cm³/mol. The molecule has 2 unspecified atom stereocenters. The molecule has 0 saturated carbocycles. The largest absolute Gasteiger partial charge is 0.495 e. The summed E-state index contributed by atoms with van der Waals surface area (Å²) in [7, 11) is 0. The summed E-state index contributed by atoms with van der Waals surface area (Å²) in [4.78, 5) is 0. The predicted octanol–water partition coefficient (Wildman–Crippen LogP) is 3.68. The van der Waals surface area contributed by atoms with Gasteiger partial charge in [-0.2, -0.15) is 0 Å². The third-order valence-corrected chi connectivity index (χ3v) is 2.57. The van der Waals surface area contributed by atoms with Gasteiger partial charge in [0.25, 0.3) is 0 Å². The standard InChI is InChI=1S/C16H30O4/c1-5-9-17-11-7-13-19-15(3)16(4)20-14-8-12-18-10-6-2/h7-8,13-16H,5-6,9-12H2,1-4H3. The van der Waals surface area contributed by atoms with Gasteiger partial charge in [0, 0.05) is 13.2 Å². The fraction of sp³-hybridized carbons (Fsp3) is 0.750. The van der Waals surface area contributed by atoms with Gasteiger partial charge in [0.05, 0.1) is 25.7 Å². The molecule has 2 atom stereocenters. The Morgan fingerprint density at radius 1 is 0.750 bits per heavy atom. The Kier molecular flexibility index (Phi) is 13.7. The van der Waals surface area contributed by atoms with Crippen LogP contribution in [0.5, 0.6) is 0 Å². The maximum atomic E-state index is 5.53. The average molecular weight is 286 g/mol. The van der Waals surface area contributed by atoms with Crippen molar-refractivity contribution in [3.8, 4) is 0 Å². The third kappa shape index (κ3) is 12.1. The summed E-state index contributed by atoms with van der Waals surface area (Å²) in [6.07, 6.45) is 9.12. The molecule has 0 aliphatic carbocycles. The van der Waals surface area contributed by atoms with Crippen LogP contribution in [0.2, 0.25) is 0 Å². The SMILES string of the molecule is CCCOCC=COC(C)C(C)OC=CCOCCC. The molecule has 0 bridgehead atoms. The molecule has 0 aromatic rings. The minimum atomic E-state index is -0.0152. The first-order valence-electron chi connectivity index (χ1n) is 7.48. The number of rotatable bonds is 13. The summed E-state index contributed by atoms with van der Waals surface area (Å²) in [6.45, 7) is 10.9. The molecule has 0 saturated heterocycles. The first-order valence-corrected chi connectivity index (χ1v) is 7.48. The lowest BCUT2D eigenvalue weighted by molar-refractivity contribution is 0.0195. The molecule has 0 N–H and O–H groups in total. The van der Waals surface area contributed by atoms with E-state index in [4.69, 9.17) is 18.9 Å². The van der Waals surface area contributed by atoms with Crippen molar-refractivity contribution in [2.24, 2.45) is 0 Å². The fourth-order valence-corrected chi connectivity index (χ4v) is 1.25. The highest BCUT2D eigenvalue weighted by atomic mass is 16.5. The third-order valence-electron chi connectivity index (χ3n) is 2.57. The zero-order valence-corrected chi connectivity index (χ0v) is 13.3. The van der Waals surface area contributed by atoms with Crippen molar-refractivity contribution >= 4 is 0 Å². The highest BCUT2D eigenvalue weighted by Crippen LogP contribution is 2.04. The molecule has 118 valence electrons. The molecule has 0 aromatic carbocycles. The van der Waals surface area contributed by atoms with Gasteiger partial charge in [0.15, 0.2) is 0 Å². The van der Waals surface area contributed by atoms with Crippen LogP contribution in [-0.4, -0.2) is 38.6 Å². The van der Waals surface area contributed by atoms with E-state index < -0.39 is 0 Å². The molecule has 0 rings (SSSR count). The van der Waals surface area contributed by atoms with Crippen LogP contribution in [0.25, 0.3) is 0 Å². The van der Waals surface area contributed by atoms with E-state index in [1.165, 1.54) is 0 Å². The lowest BCUT2D eigenvalue weighted by atomic mass is 10.2. The van der Waals surface area contributed by atoms with Crippen molar-refractivity contribution in [1.82, 2.24) is 0 Å². The van der Waals surface area contributed by atoms with Gasteiger partial charge >= 0.3 is 0 Å². The topological polar surface area (TPSA) is 36.9 Å². The van der Waals surface area contributed by atoms with Crippen LogP contribution < -0.4 is 0 Å². The summed E-state index contributed by atoms with van der Waals surface area (Å²) in [5.74, 6) is 0. The minimum Gasteiger partial charge on any atom is -0.495 e. The van der Waals surface area contributed by atoms with Crippen LogP contribution in [0.1, 0.15) is 40.5 Å². The van der Waals surface area contributed by atoms with E-state index in [1.807, 2.05) is 26.0 Å². The van der Waals surface area contributed by atoms with Gasteiger partial charge in [-0.05, 0) is 38.8 Å². The molecule has 0 spiro atoms. The smallest absolute Gasteiger partial charge is 0.131 e. The van der Waals surface area contributed by atoms with E-state index in [0.29, 0.717) is 13.2 Å². The van der Waals surface area contributed by atoms with Crippen molar-refractivity contribution < 1.29 is 18.9 Å². The van der Waals surface area contributed by atoms with Crippen molar-refractivity contribution in [3.05, 3.63) is 24.7 Å². The van der Waals surface area contributed by atoms with E-state index >= 15 is 0 Å². The van der Waals surface area contributed by atoms with Gasteiger partial charge in [-0.3, -0.25) is 0 Å². The summed E-state index contributed by atoms with van der Waals surface area (Å²) >= 11 is 0. The van der Waals surface area contributed by atoms with Crippen LogP contribution in [-0.2, 0) is 18.9 Å². The van der Waals surface area contributed by atoms with Crippen LogP contribution in [0.3, 0.4) is 0 Å². The highest BCUT2D eigenvalue weighted by molar-refractivity contribution is 4.78. The molecule has 0 amide bonds. The molecule has 0 aliphatic heterocycles. The molecule has 4 nitrogen and oxygen atoms in total. The molecule has 4 heteroatoms. The zero-order chi connectivity index (χ0) is 15.1. The Hall–Kier alpha value is -1.00. The summed E-state index contributed by atoms with van der Waals surface area (Å²) in [6, 6.07) is 0. The first-order chi connectivity index (χ1) is 9.72. The monoisotopic (exact) mass is 286 g/mol. The average Bonchev–Trinajstić information content (AvgIpc) is 2.45. The normalized spacial score (nSPS) is 14.8. The van der Waals surface area contributed by atoms with E-state index in [0.717, 1.165) is 26.1 Å². The quantitative estimate of drug-likeness (QED) is 0.382. The number of hydrogen-bond donors (Lipinski definition) is 0. The van der Waals surface area contributed by atoms with Gasteiger partial charge in [0.2, 0.25) is 0 Å². The minimum absolute atomic E-state index is 0.0152. The Morgan fingerprint density at radius 3 is 1.50 bits per heavy atom. The molecule has 20 heavy (non-hydrogen) atoms. The maximum Gasteiger partial charge on any atom is 0.131 e. The van der Waals surface area contributed by atoms with Gasteiger partial charge in [-0.1, -0.05) is 13.8 Å². The Bertz CT molecular complexity index is 225. The molecule has 0 radical (unpaired) electrons. The number of hydrogen-bond acceptors (Lipinski definition) is 4. The van der Waals surface area contributed by atoms with Gasteiger partial charge < -0.3 is 18.9 Å². The van der Waals surface area contributed by atoms with Gasteiger partial charge in [0.1, 0.15) is 12.2 Å². The first kappa shape index (κ1) is 19.0. The maximum absolute atomic E-state index is 5.53. The fourth-order valence-electron chi connectivity index (χ4n) is 1.25. The molecule has 0 aromatic heterocycles. The van der Waals surface area contributed by atoms with Crippen molar-refractivity contribution in [3.63, 3.8) is 0 Å². The summed E-state index contributed by atoms with van der Waals surface area (Å²) in [5.41, 5.74) is 0. The molecule has 0 heterocycles. The summed E-state index contributed by atoms with van der Waals surface area (Å²) < 4.78 is 21.7. The van der Waals surface area contributed by atoms with E-state index in [-0.39, 0.29) is 12.2 Å². The van der Waals surface area contributed by atoms with Crippen LogP contribution in [0, 0.1) is 0 Å². The Morgan fingerprint density at radius 2 is 1.15 bits per heavy atom. The Labute approximate surface area is 123 Å². The second kappa shape index (κ2) is 14.4. The van der Waals surface area contributed by atoms with Crippen molar-refractivity contribution in [2.75, 3.05) is 26.4 Å². The Balaban J connectivity index is 3.62. The van der Waals surface area contributed by atoms with Crippen LogP contribution in [0.4, 0.5) is 0 Å². The second-order valence-electron chi connectivity index (χ2n) is 4.58. The van der Waals surface area contributed by atoms with E-state index in [9.17, 15) is 0 Å². The van der Waals surface area contributed by atoms with E-state index in [1.54, 1.807) is 12.5 Å². The van der Waals surface area contributed by atoms with Crippen LogP contribution >= 0.6 is 0 Å². The lowest BCUT2D eigenvalue weighted by Crippen LogP contribution is -2.22. The zero-order valence-electron chi connectivity index (χ0n) is 13.3. The molecule has 0 aliphatic rings.